The third kappa shape index (κ3) is 4.18. The molecule has 4 rings (SSSR count). The first-order valence-electron chi connectivity index (χ1n) is 11.9. The second kappa shape index (κ2) is 9.55. The average Bonchev–Trinajstić information content (AvgIpc) is 3.24. The average molecular weight is 466 g/mol. The van der Waals surface area contributed by atoms with E-state index in [1.807, 2.05) is 13.8 Å². The van der Waals surface area contributed by atoms with E-state index in [1.54, 1.807) is 40.8 Å². The zero-order valence-electron chi connectivity index (χ0n) is 20.5. The van der Waals surface area contributed by atoms with Gasteiger partial charge in [-0.15, -0.1) is 0 Å². The molecule has 4 heterocycles. The van der Waals surface area contributed by atoms with Gasteiger partial charge in [-0.05, 0) is 38.3 Å². The fourth-order valence-electron chi connectivity index (χ4n) is 5.08. The number of pyridine rings is 2. The van der Waals surface area contributed by atoms with Gasteiger partial charge in [0.1, 0.15) is 17.9 Å². The number of anilines is 1. The number of hydrogen-bond acceptors (Lipinski definition) is 6. The summed E-state index contributed by atoms with van der Waals surface area (Å²) in [6.07, 6.45) is 5.21. The number of aromatic nitrogens is 4. The maximum Gasteiger partial charge on any atom is 0.252 e. The number of halogens is 1. The molecule has 3 atom stereocenters. The van der Waals surface area contributed by atoms with Crippen LogP contribution in [0.4, 0.5) is 10.1 Å². The number of nitriles is 1. The van der Waals surface area contributed by atoms with Gasteiger partial charge in [-0.1, -0.05) is 13.8 Å². The van der Waals surface area contributed by atoms with Crippen molar-refractivity contribution in [3.63, 3.8) is 0 Å². The monoisotopic (exact) mass is 465 g/mol. The van der Waals surface area contributed by atoms with Crippen molar-refractivity contribution in [2.45, 2.75) is 65.2 Å². The van der Waals surface area contributed by atoms with Crippen LogP contribution in [0, 0.1) is 24.1 Å². The fraction of sp³-hybridized carbons (Fsp3) is 0.520. The normalized spacial score (nSPS) is 20.0. The van der Waals surface area contributed by atoms with Crippen molar-refractivity contribution < 1.29 is 4.39 Å². The van der Waals surface area contributed by atoms with Crippen LogP contribution >= 0.6 is 0 Å². The number of piperazine rings is 1. The van der Waals surface area contributed by atoms with Gasteiger partial charge in [0.2, 0.25) is 0 Å². The minimum absolute atomic E-state index is 0.108. The summed E-state index contributed by atoms with van der Waals surface area (Å²) in [5.41, 5.74) is 3.40. The van der Waals surface area contributed by atoms with Crippen LogP contribution in [0.15, 0.2) is 29.3 Å². The predicted octanol–water partition coefficient (Wildman–Crippen LogP) is 3.54. The second-order valence-corrected chi connectivity index (χ2v) is 9.17. The van der Waals surface area contributed by atoms with E-state index in [9.17, 15) is 9.18 Å². The molecule has 1 aliphatic heterocycles. The number of hydrogen-bond donors (Lipinski definition) is 0. The highest BCUT2D eigenvalue weighted by molar-refractivity contribution is 5.88. The van der Waals surface area contributed by atoms with E-state index in [2.05, 4.69) is 39.8 Å². The van der Waals surface area contributed by atoms with Crippen molar-refractivity contribution in [3.05, 3.63) is 52.0 Å². The third-order valence-corrected chi connectivity index (χ3v) is 7.06. The Morgan fingerprint density at radius 1 is 1.24 bits per heavy atom. The van der Waals surface area contributed by atoms with E-state index in [0.29, 0.717) is 17.8 Å². The van der Waals surface area contributed by atoms with Crippen molar-refractivity contribution in [1.82, 2.24) is 24.2 Å². The van der Waals surface area contributed by atoms with Gasteiger partial charge in [0.25, 0.3) is 5.56 Å². The van der Waals surface area contributed by atoms with Crippen molar-refractivity contribution in [2.75, 3.05) is 18.0 Å². The largest absolute Gasteiger partial charge is 0.364 e. The number of nitrogens with zero attached hydrogens (tertiary/aromatic N) is 7. The summed E-state index contributed by atoms with van der Waals surface area (Å²) in [4.78, 5) is 21.9. The summed E-state index contributed by atoms with van der Waals surface area (Å²) in [6, 6.07) is 5.42. The minimum Gasteiger partial charge on any atom is -0.364 e. The molecule has 0 radical (unpaired) electrons. The zero-order valence-corrected chi connectivity index (χ0v) is 20.5. The molecular weight excluding hydrogens is 433 g/mol. The molecule has 3 aromatic heterocycles. The molecule has 3 aromatic rings. The Morgan fingerprint density at radius 3 is 2.62 bits per heavy atom. The van der Waals surface area contributed by atoms with E-state index in [-0.39, 0.29) is 36.0 Å². The molecule has 1 unspecified atom stereocenters. The lowest BCUT2D eigenvalue weighted by Crippen LogP contribution is -2.59. The van der Waals surface area contributed by atoms with Gasteiger partial charge in [0.15, 0.2) is 0 Å². The van der Waals surface area contributed by atoms with Crippen molar-refractivity contribution in [2.24, 2.45) is 7.05 Å². The van der Waals surface area contributed by atoms with Gasteiger partial charge < -0.3 is 9.47 Å². The van der Waals surface area contributed by atoms with Crippen molar-refractivity contribution in [3.8, 4) is 6.07 Å². The molecule has 1 fully saturated rings. The third-order valence-electron chi connectivity index (χ3n) is 7.06. The van der Waals surface area contributed by atoms with Crippen molar-refractivity contribution in [1.29, 1.82) is 5.26 Å². The number of aryl methyl sites for hydroxylation is 2. The van der Waals surface area contributed by atoms with Crippen LogP contribution in [0.5, 0.6) is 0 Å². The first-order valence-corrected chi connectivity index (χ1v) is 11.9. The highest BCUT2D eigenvalue weighted by Gasteiger charge is 2.37. The van der Waals surface area contributed by atoms with Crippen LogP contribution in [0.25, 0.3) is 11.0 Å². The Kier molecular flexibility index (Phi) is 6.71. The van der Waals surface area contributed by atoms with E-state index < -0.39 is 0 Å². The molecule has 1 saturated heterocycles. The fourth-order valence-corrected chi connectivity index (χ4v) is 5.08. The molecule has 0 bridgehead atoms. The van der Waals surface area contributed by atoms with Crippen LogP contribution in [0.3, 0.4) is 0 Å². The Hall–Kier alpha value is -3.25. The van der Waals surface area contributed by atoms with E-state index in [0.717, 1.165) is 36.2 Å². The molecule has 0 N–H and O–H groups in total. The molecule has 34 heavy (non-hydrogen) atoms. The molecule has 0 spiro atoms. The first kappa shape index (κ1) is 23.9. The van der Waals surface area contributed by atoms with Gasteiger partial charge in [-0.25, -0.2) is 4.39 Å². The summed E-state index contributed by atoms with van der Waals surface area (Å²) in [6.45, 7) is 9.66. The van der Waals surface area contributed by atoms with E-state index in [1.165, 1.54) is 0 Å². The zero-order chi connectivity index (χ0) is 24.6. The number of rotatable bonds is 6. The molecule has 8 nitrogen and oxygen atoms in total. The topological polar surface area (TPSA) is 83.0 Å². The summed E-state index contributed by atoms with van der Waals surface area (Å²) in [5.74, 6) is -0.269. The highest BCUT2D eigenvalue weighted by atomic mass is 19.1. The summed E-state index contributed by atoms with van der Waals surface area (Å²) < 4.78 is 17.9. The molecule has 0 amide bonds. The van der Waals surface area contributed by atoms with Crippen LogP contribution in [0.1, 0.15) is 50.9 Å². The van der Waals surface area contributed by atoms with Gasteiger partial charge in [0.05, 0.1) is 35.2 Å². The van der Waals surface area contributed by atoms with Crippen LogP contribution in [-0.4, -0.2) is 49.4 Å². The Labute approximate surface area is 199 Å². The van der Waals surface area contributed by atoms with Gasteiger partial charge in [0, 0.05) is 44.5 Å². The van der Waals surface area contributed by atoms with Gasteiger partial charge >= 0.3 is 0 Å². The summed E-state index contributed by atoms with van der Waals surface area (Å²) in [5, 5.41) is 13.8. The minimum atomic E-state index is -0.269. The predicted molar refractivity (Wildman–Crippen MR) is 130 cm³/mol. The molecular formula is C25H32FN7O. The number of fused-ring (bicyclic) bond motifs is 1. The molecule has 180 valence electrons. The van der Waals surface area contributed by atoms with Gasteiger partial charge in [-0.3, -0.25) is 19.4 Å². The van der Waals surface area contributed by atoms with E-state index >= 15 is 0 Å². The van der Waals surface area contributed by atoms with E-state index in [4.69, 9.17) is 5.26 Å². The van der Waals surface area contributed by atoms with Crippen LogP contribution in [-0.2, 0) is 13.6 Å². The molecule has 0 saturated carbocycles. The quantitative estimate of drug-likeness (QED) is 0.554. The molecule has 0 aromatic carbocycles. The summed E-state index contributed by atoms with van der Waals surface area (Å²) in [7, 11) is 1.72. The van der Waals surface area contributed by atoms with Gasteiger partial charge in [-0.2, -0.15) is 10.4 Å². The summed E-state index contributed by atoms with van der Waals surface area (Å²) >= 11 is 0. The Bertz CT molecular complexity index is 1290. The SMILES string of the molecule is CC[C@H]1CN(C(C)c2ncc(C)cc2F)[C@H](CC)CN1c1cc(=O)n(C)c2cn(CC#N)nc12. The second-order valence-electron chi connectivity index (χ2n) is 9.17. The Balaban J connectivity index is 1.73. The lowest BCUT2D eigenvalue weighted by Gasteiger charge is -2.49. The molecule has 0 aliphatic carbocycles. The molecule has 9 heteroatoms. The van der Waals surface area contributed by atoms with Crippen LogP contribution in [0.2, 0.25) is 0 Å². The Morgan fingerprint density at radius 2 is 1.97 bits per heavy atom. The van der Waals surface area contributed by atoms with Crippen molar-refractivity contribution >= 4 is 16.7 Å². The lowest BCUT2D eigenvalue weighted by atomic mass is 9.98. The highest BCUT2D eigenvalue weighted by Crippen LogP contribution is 2.34. The first-order chi connectivity index (χ1) is 16.3. The lowest BCUT2D eigenvalue weighted by molar-refractivity contribution is 0.0971. The smallest absolute Gasteiger partial charge is 0.252 e. The maximum absolute atomic E-state index is 14.8. The standard InChI is InChI=1S/C25H32FN7O/c1-6-18-14-33(21-11-23(34)30(5)22-15-31(9-8-27)29-25(21)22)19(7-2)13-32(18)17(4)24-20(26)10-16(3)12-28-24/h10-12,15,17-19H,6-7,9,13-14H2,1-5H3/t17?,18-,19+/m1/s1. The van der Waals surface area contributed by atoms with Crippen LogP contribution < -0.4 is 10.5 Å². The maximum atomic E-state index is 14.8. The molecule has 1 aliphatic rings.